The van der Waals surface area contributed by atoms with E-state index in [4.69, 9.17) is 0 Å². The normalized spacial score (nSPS) is 14.2. The van der Waals surface area contributed by atoms with Crippen LogP contribution in [0.4, 0.5) is 13.2 Å². The van der Waals surface area contributed by atoms with Crippen LogP contribution in [-0.4, -0.2) is 39.3 Å². The van der Waals surface area contributed by atoms with Crippen LogP contribution in [0.1, 0.15) is 44.9 Å². The lowest BCUT2D eigenvalue weighted by atomic mass is 10.0. The quantitative estimate of drug-likeness (QED) is 0.284. The Labute approximate surface area is 181 Å². The molecule has 28 heavy (non-hydrogen) atoms. The molecular formula is C17H28F3IN4O2S. The van der Waals surface area contributed by atoms with E-state index in [0.717, 1.165) is 18.4 Å². The summed E-state index contributed by atoms with van der Waals surface area (Å²) < 4.78 is 64.0. The van der Waals surface area contributed by atoms with Crippen LogP contribution in [0.25, 0.3) is 0 Å². The highest BCUT2D eigenvalue weighted by molar-refractivity contribution is 14.0. The van der Waals surface area contributed by atoms with Crippen LogP contribution in [0.5, 0.6) is 0 Å². The number of guanidine groups is 1. The molecule has 162 valence electrons. The van der Waals surface area contributed by atoms with Gasteiger partial charge in [-0.2, -0.15) is 13.2 Å². The van der Waals surface area contributed by atoms with Crippen molar-refractivity contribution in [2.45, 2.75) is 45.5 Å². The predicted molar refractivity (Wildman–Crippen MR) is 116 cm³/mol. The highest BCUT2D eigenvalue weighted by Crippen LogP contribution is 2.30. The molecule has 0 heterocycles. The van der Waals surface area contributed by atoms with Gasteiger partial charge in [0.1, 0.15) is 0 Å². The van der Waals surface area contributed by atoms with Gasteiger partial charge in [0.05, 0.1) is 24.4 Å². The Balaban J connectivity index is 0.00000729. The molecular weight excluding hydrogens is 508 g/mol. The van der Waals surface area contributed by atoms with Gasteiger partial charge in [0, 0.05) is 12.1 Å². The Morgan fingerprint density at radius 1 is 1.25 bits per heavy atom. The van der Waals surface area contributed by atoms with Gasteiger partial charge in [-0.3, -0.25) is 4.99 Å². The molecule has 1 atom stereocenters. The number of benzene rings is 1. The first-order valence-corrected chi connectivity index (χ1v) is 10.3. The van der Waals surface area contributed by atoms with Gasteiger partial charge in [-0.15, -0.1) is 24.0 Å². The van der Waals surface area contributed by atoms with Crippen molar-refractivity contribution in [1.82, 2.24) is 15.4 Å². The summed E-state index contributed by atoms with van der Waals surface area (Å²) in [6.07, 6.45) is -3.34. The molecule has 0 saturated heterocycles. The zero-order valence-corrected chi connectivity index (χ0v) is 19.7. The summed E-state index contributed by atoms with van der Waals surface area (Å²) in [7, 11) is -3.39. The minimum atomic E-state index is -4.41. The molecule has 0 aromatic heterocycles. The third kappa shape index (κ3) is 9.92. The minimum Gasteiger partial charge on any atom is -0.357 e. The van der Waals surface area contributed by atoms with Crippen molar-refractivity contribution in [1.29, 1.82) is 0 Å². The molecule has 0 bridgehead atoms. The average molecular weight is 536 g/mol. The lowest BCUT2D eigenvalue weighted by Crippen LogP contribution is -2.47. The van der Waals surface area contributed by atoms with Gasteiger partial charge in [0.15, 0.2) is 5.96 Å². The van der Waals surface area contributed by atoms with E-state index >= 15 is 0 Å². The molecule has 1 rings (SSSR count). The third-order valence-electron chi connectivity index (χ3n) is 3.51. The standard InChI is InChI=1S/C17H27F3N4O2S.HI/c1-6-21-15(22-11-16(3,4)24-27(5,25)26)23-12(2)13-8-7-9-14(10-13)17(18,19)20;/h7-10,12,24H,6,11H2,1-5H3,(H2,21,22,23);1H. The number of hydrogen-bond acceptors (Lipinski definition) is 3. The largest absolute Gasteiger partial charge is 0.416 e. The molecule has 0 spiro atoms. The van der Waals surface area contributed by atoms with E-state index < -0.39 is 33.3 Å². The number of hydrogen-bond donors (Lipinski definition) is 3. The Morgan fingerprint density at radius 2 is 1.86 bits per heavy atom. The van der Waals surface area contributed by atoms with Crippen LogP contribution < -0.4 is 15.4 Å². The summed E-state index contributed by atoms with van der Waals surface area (Å²) in [6, 6.07) is 4.65. The molecule has 6 nitrogen and oxygen atoms in total. The number of aliphatic imine (C=N–C) groups is 1. The van der Waals surface area contributed by atoms with Crippen molar-refractivity contribution >= 4 is 40.0 Å². The fraction of sp³-hybridized carbons (Fsp3) is 0.588. The van der Waals surface area contributed by atoms with Crippen LogP contribution in [0, 0.1) is 0 Å². The van der Waals surface area contributed by atoms with Gasteiger partial charge in [0.2, 0.25) is 10.0 Å². The van der Waals surface area contributed by atoms with E-state index in [1.165, 1.54) is 6.07 Å². The monoisotopic (exact) mass is 536 g/mol. The number of halogens is 4. The van der Waals surface area contributed by atoms with Crippen molar-refractivity contribution in [2.75, 3.05) is 19.3 Å². The Bertz CT molecular complexity index is 768. The SMILES string of the molecule is CCNC(=NCC(C)(C)NS(C)(=O)=O)NC(C)c1cccc(C(F)(F)F)c1.I. The Hall–Kier alpha value is -1.08. The summed E-state index contributed by atoms with van der Waals surface area (Å²) in [6.45, 7) is 7.65. The molecule has 11 heteroatoms. The van der Waals surface area contributed by atoms with E-state index in [2.05, 4.69) is 20.3 Å². The number of nitrogens with one attached hydrogen (secondary N) is 3. The summed E-state index contributed by atoms with van der Waals surface area (Å²) in [5.41, 5.74) is -1.06. The summed E-state index contributed by atoms with van der Waals surface area (Å²) in [4.78, 5) is 4.35. The van der Waals surface area contributed by atoms with Crippen molar-refractivity contribution in [2.24, 2.45) is 4.99 Å². The number of rotatable bonds is 7. The van der Waals surface area contributed by atoms with Crippen molar-refractivity contribution in [3.63, 3.8) is 0 Å². The molecule has 0 aliphatic carbocycles. The Kier molecular flexibility index (Phi) is 10.2. The molecule has 0 saturated carbocycles. The maximum atomic E-state index is 12.9. The van der Waals surface area contributed by atoms with E-state index in [1.54, 1.807) is 26.8 Å². The van der Waals surface area contributed by atoms with Crippen LogP contribution >= 0.6 is 24.0 Å². The second-order valence-corrected chi connectivity index (χ2v) is 8.69. The molecule has 0 radical (unpaired) electrons. The minimum absolute atomic E-state index is 0. The zero-order valence-electron chi connectivity index (χ0n) is 16.5. The first kappa shape index (κ1) is 26.9. The van der Waals surface area contributed by atoms with Gasteiger partial charge in [-0.25, -0.2) is 13.1 Å². The van der Waals surface area contributed by atoms with Crippen LogP contribution in [0.15, 0.2) is 29.3 Å². The van der Waals surface area contributed by atoms with Crippen LogP contribution in [-0.2, 0) is 16.2 Å². The summed E-state index contributed by atoms with van der Waals surface area (Å²) in [5, 5.41) is 6.05. The van der Waals surface area contributed by atoms with Crippen molar-refractivity contribution in [3.05, 3.63) is 35.4 Å². The molecule has 0 aliphatic rings. The first-order valence-electron chi connectivity index (χ1n) is 8.44. The summed E-state index contributed by atoms with van der Waals surface area (Å²) in [5.74, 6) is 0.380. The van der Waals surface area contributed by atoms with Crippen LogP contribution in [0.2, 0.25) is 0 Å². The van der Waals surface area contributed by atoms with Gasteiger partial charge >= 0.3 is 6.18 Å². The maximum absolute atomic E-state index is 12.9. The maximum Gasteiger partial charge on any atom is 0.416 e. The van der Waals surface area contributed by atoms with E-state index in [0.29, 0.717) is 18.1 Å². The van der Waals surface area contributed by atoms with E-state index in [9.17, 15) is 21.6 Å². The fourth-order valence-corrected chi connectivity index (χ4v) is 3.47. The Morgan fingerprint density at radius 3 is 2.36 bits per heavy atom. The molecule has 0 amide bonds. The van der Waals surface area contributed by atoms with Crippen LogP contribution in [0.3, 0.4) is 0 Å². The van der Waals surface area contributed by atoms with Gasteiger partial charge in [-0.05, 0) is 45.4 Å². The van der Waals surface area contributed by atoms with Gasteiger partial charge in [-0.1, -0.05) is 12.1 Å². The topological polar surface area (TPSA) is 82.6 Å². The van der Waals surface area contributed by atoms with E-state index in [-0.39, 0.29) is 30.5 Å². The van der Waals surface area contributed by atoms with Gasteiger partial charge in [0.25, 0.3) is 0 Å². The van der Waals surface area contributed by atoms with Crippen molar-refractivity contribution in [3.8, 4) is 0 Å². The van der Waals surface area contributed by atoms with Gasteiger partial charge < -0.3 is 10.6 Å². The molecule has 3 N–H and O–H groups in total. The third-order valence-corrected chi connectivity index (χ3v) is 4.43. The number of nitrogens with zero attached hydrogens (tertiary/aromatic N) is 1. The average Bonchev–Trinajstić information content (AvgIpc) is 2.50. The lowest BCUT2D eigenvalue weighted by Gasteiger charge is -2.24. The second kappa shape index (κ2) is 10.6. The summed E-state index contributed by atoms with van der Waals surface area (Å²) >= 11 is 0. The second-order valence-electron chi connectivity index (χ2n) is 6.94. The molecule has 1 aromatic rings. The molecule has 0 fully saturated rings. The van der Waals surface area contributed by atoms with E-state index in [1.807, 2.05) is 6.92 Å². The smallest absolute Gasteiger partial charge is 0.357 e. The number of sulfonamides is 1. The molecule has 0 aliphatic heterocycles. The lowest BCUT2D eigenvalue weighted by molar-refractivity contribution is -0.137. The molecule has 1 unspecified atom stereocenters. The van der Waals surface area contributed by atoms with Crippen molar-refractivity contribution < 1.29 is 21.6 Å². The highest BCUT2D eigenvalue weighted by Gasteiger charge is 2.30. The molecule has 1 aromatic carbocycles. The zero-order chi connectivity index (χ0) is 20.9. The fourth-order valence-electron chi connectivity index (χ4n) is 2.40. The predicted octanol–water partition coefficient (Wildman–Crippen LogP) is 3.27. The number of alkyl halides is 3. The first-order chi connectivity index (χ1) is 12.2. The highest BCUT2D eigenvalue weighted by atomic mass is 127.